The Balaban J connectivity index is 2.03. The first-order valence-electron chi connectivity index (χ1n) is 21.4. The van der Waals surface area contributed by atoms with Gasteiger partial charge in [-0.2, -0.15) is 0 Å². The van der Waals surface area contributed by atoms with Crippen LogP contribution in [-0.2, 0) is 29.8 Å². The number of benzene rings is 4. The first kappa shape index (κ1) is 44.2. The molecule has 0 saturated heterocycles. The predicted octanol–water partition coefficient (Wildman–Crippen LogP) is 9.58. The van der Waals surface area contributed by atoms with Gasteiger partial charge < -0.3 is 23.1 Å². The molecule has 298 valence electrons. The molecule has 0 amide bonds. The van der Waals surface area contributed by atoms with E-state index in [-0.39, 0.29) is 0 Å². The number of rotatable bonds is 26. The molecule has 0 unspecified atom stereocenters. The first-order chi connectivity index (χ1) is 27.0. The van der Waals surface area contributed by atoms with Crippen molar-refractivity contribution in [1.29, 1.82) is 0 Å². The van der Waals surface area contributed by atoms with E-state index >= 15 is 0 Å². The van der Waals surface area contributed by atoms with Crippen molar-refractivity contribution in [1.82, 2.24) is 0 Å². The van der Waals surface area contributed by atoms with Crippen LogP contribution in [0.3, 0.4) is 0 Å². The molecule has 4 aromatic carbocycles. The molecule has 55 heavy (non-hydrogen) atoms. The van der Waals surface area contributed by atoms with Crippen LogP contribution >= 0.6 is 0 Å². The fourth-order valence-electron chi connectivity index (χ4n) is 7.03. The largest absolute Gasteiger partial charge is 0.493 e. The third kappa shape index (κ3) is 11.7. The average molecular weight is 781 g/mol. The monoisotopic (exact) mass is 780 g/mol. The van der Waals surface area contributed by atoms with Gasteiger partial charge in [-0.3, -0.25) is 0 Å². The minimum Gasteiger partial charge on any atom is -0.493 e. The fourth-order valence-corrected chi connectivity index (χ4v) is 13.5. The van der Waals surface area contributed by atoms with Crippen molar-refractivity contribution >= 4 is 38.8 Å². The Morgan fingerprint density at radius 3 is 0.782 bits per heavy atom. The highest BCUT2D eigenvalue weighted by atomic mass is 28.4. The van der Waals surface area contributed by atoms with Gasteiger partial charge in [-0.15, -0.1) is 0 Å². The van der Waals surface area contributed by atoms with Crippen LogP contribution < -0.4 is 39.7 Å². The molecule has 4 rings (SSSR count). The smallest absolute Gasteiger partial charge is 0.273 e. The van der Waals surface area contributed by atoms with Crippen LogP contribution in [0.1, 0.15) is 129 Å². The summed E-state index contributed by atoms with van der Waals surface area (Å²) in [5.41, 5.74) is 4.97. The topological polar surface area (TPSA) is 46.2 Å². The second-order valence-electron chi connectivity index (χ2n) is 14.1. The summed E-state index contributed by atoms with van der Waals surface area (Å²) < 4.78 is 34.2. The third-order valence-corrected chi connectivity index (χ3v) is 15.6. The van der Waals surface area contributed by atoms with Crippen molar-refractivity contribution in [2.45, 2.75) is 132 Å². The SMILES string of the molecule is CCCCOc1cccc([Si](O[Si](c2cccc(OCCCC)c2CC)c2cccc(OCCCC)c2CC)c2cccc(OCCCC)c2CC)c1CC. The number of ether oxygens (including phenoxy) is 4. The molecule has 0 aliphatic heterocycles. The molecule has 5 nitrogen and oxygen atoms in total. The van der Waals surface area contributed by atoms with Gasteiger partial charge in [0.15, 0.2) is 0 Å². The highest BCUT2D eigenvalue weighted by Crippen LogP contribution is 2.25. The maximum atomic E-state index is 8.07. The zero-order valence-electron chi connectivity index (χ0n) is 35.3. The number of hydrogen-bond donors (Lipinski definition) is 0. The summed E-state index contributed by atoms with van der Waals surface area (Å²) in [6, 6.07) is 26.5. The summed E-state index contributed by atoms with van der Waals surface area (Å²) in [4.78, 5) is 0. The summed E-state index contributed by atoms with van der Waals surface area (Å²) in [7, 11) is -3.78. The molecule has 0 heterocycles. The third-order valence-electron chi connectivity index (χ3n) is 10.2. The second-order valence-corrected chi connectivity index (χ2v) is 18.4. The molecule has 2 radical (unpaired) electrons. The molecule has 0 aliphatic rings. The lowest BCUT2D eigenvalue weighted by molar-refractivity contribution is 0.306. The van der Waals surface area contributed by atoms with Gasteiger partial charge in [-0.1, -0.05) is 130 Å². The summed E-state index contributed by atoms with van der Waals surface area (Å²) in [5.74, 6) is 3.90. The van der Waals surface area contributed by atoms with Gasteiger partial charge in [-0.25, -0.2) is 0 Å². The molecule has 0 atom stereocenters. The second kappa shape index (κ2) is 24.2. The lowest BCUT2D eigenvalue weighted by Gasteiger charge is -2.30. The lowest BCUT2D eigenvalue weighted by Crippen LogP contribution is -2.58. The van der Waals surface area contributed by atoms with E-state index in [1.54, 1.807) is 0 Å². The Bertz CT molecular complexity index is 1480. The van der Waals surface area contributed by atoms with Crippen LogP contribution in [0.25, 0.3) is 0 Å². The highest BCUT2D eigenvalue weighted by molar-refractivity contribution is 6.92. The van der Waals surface area contributed by atoms with Gasteiger partial charge in [0.1, 0.15) is 23.0 Å². The fraction of sp³-hybridized carbons (Fsp3) is 0.500. The Morgan fingerprint density at radius 2 is 0.582 bits per heavy atom. The Labute approximate surface area is 337 Å². The first-order valence-corrected chi connectivity index (χ1v) is 24.2. The molecule has 0 bridgehead atoms. The van der Waals surface area contributed by atoms with Crippen LogP contribution in [-0.4, -0.2) is 44.5 Å². The maximum absolute atomic E-state index is 8.07. The minimum atomic E-state index is -1.89. The van der Waals surface area contributed by atoms with Crippen molar-refractivity contribution in [3.8, 4) is 23.0 Å². The van der Waals surface area contributed by atoms with Gasteiger partial charge in [0.25, 0.3) is 18.1 Å². The van der Waals surface area contributed by atoms with E-state index in [4.69, 9.17) is 23.1 Å². The van der Waals surface area contributed by atoms with Gasteiger partial charge >= 0.3 is 0 Å². The zero-order valence-corrected chi connectivity index (χ0v) is 37.3. The zero-order chi connectivity index (χ0) is 39.4. The molecule has 0 saturated carbocycles. The van der Waals surface area contributed by atoms with Gasteiger partial charge in [-0.05, 0) is 119 Å². The quantitative estimate of drug-likeness (QED) is 0.0470. The summed E-state index contributed by atoms with van der Waals surface area (Å²) in [6.07, 6.45) is 11.9. The van der Waals surface area contributed by atoms with E-state index in [0.29, 0.717) is 26.4 Å². The van der Waals surface area contributed by atoms with Crippen molar-refractivity contribution in [2.75, 3.05) is 26.4 Å². The van der Waals surface area contributed by atoms with Crippen molar-refractivity contribution in [3.63, 3.8) is 0 Å². The molecule has 0 aliphatic carbocycles. The predicted molar refractivity (Wildman–Crippen MR) is 236 cm³/mol. The van der Waals surface area contributed by atoms with E-state index in [9.17, 15) is 0 Å². The highest BCUT2D eigenvalue weighted by Gasteiger charge is 2.35. The lowest BCUT2D eigenvalue weighted by atomic mass is 10.1. The summed E-state index contributed by atoms with van der Waals surface area (Å²) >= 11 is 0. The molecule has 0 N–H and O–H groups in total. The Hall–Kier alpha value is -3.53. The normalized spacial score (nSPS) is 11.4. The van der Waals surface area contributed by atoms with Gasteiger partial charge in [0.05, 0.1) is 26.4 Å². The summed E-state index contributed by atoms with van der Waals surface area (Å²) in [6.45, 7) is 20.7. The number of unbranched alkanes of at least 4 members (excludes halogenated alkanes) is 4. The van der Waals surface area contributed by atoms with Crippen LogP contribution in [0.2, 0.25) is 0 Å². The van der Waals surface area contributed by atoms with Crippen molar-refractivity contribution in [2.24, 2.45) is 0 Å². The summed E-state index contributed by atoms with van der Waals surface area (Å²) in [5, 5.41) is 5.02. The molecular formula is C48H68O5Si2. The Morgan fingerprint density at radius 1 is 0.345 bits per heavy atom. The molecule has 7 heteroatoms. The van der Waals surface area contributed by atoms with E-state index in [0.717, 1.165) is 100 Å². The van der Waals surface area contributed by atoms with E-state index < -0.39 is 18.1 Å². The van der Waals surface area contributed by atoms with Crippen LogP contribution in [0, 0.1) is 0 Å². The van der Waals surface area contributed by atoms with E-state index in [2.05, 4.69) is 128 Å². The van der Waals surface area contributed by atoms with E-state index in [1.807, 2.05) is 0 Å². The molecule has 0 aromatic heterocycles. The molecular weight excluding hydrogens is 713 g/mol. The van der Waals surface area contributed by atoms with Crippen molar-refractivity contribution < 1.29 is 23.1 Å². The minimum absolute atomic E-state index is 0.710. The molecule has 0 spiro atoms. The standard InChI is InChI=1S/C48H68O5Si2/c1-9-17-33-49-41-25-21-29-45(37(41)13-5)54(46-30-22-26-42(38(46)14-6)50-34-18-10-2)53-55(47-31-23-27-43(39(47)15-7)51-35-19-11-3)48-32-24-28-44(40(48)16-8)52-36-20-12-4/h21-32H,9-20,33-36H2,1-8H3. The Kier molecular flexibility index (Phi) is 19.4. The van der Waals surface area contributed by atoms with Crippen LogP contribution in [0.5, 0.6) is 23.0 Å². The average Bonchev–Trinajstić information content (AvgIpc) is 3.21. The molecule has 4 aromatic rings. The van der Waals surface area contributed by atoms with Crippen LogP contribution in [0.4, 0.5) is 0 Å². The van der Waals surface area contributed by atoms with E-state index in [1.165, 1.54) is 43.0 Å². The van der Waals surface area contributed by atoms with Gasteiger partial charge in [0, 0.05) is 0 Å². The number of hydrogen-bond acceptors (Lipinski definition) is 5. The molecule has 0 fully saturated rings. The van der Waals surface area contributed by atoms with Crippen LogP contribution in [0.15, 0.2) is 72.8 Å². The van der Waals surface area contributed by atoms with Crippen molar-refractivity contribution in [3.05, 3.63) is 95.1 Å². The maximum Gasteiger partial charge on any atom is 0.273 e. The van der Waals surface area contributed by atoms with Gasteiger partial charge in [0.2, 0.25) is 0 Å².